The first-order valence-corrected chi connectivity index (χ1v) is 15.8. The quantitative estimate of drug-likeness (QED) is 0.445. The van der Waals surface area contributed by atoms with Crippen LogP contribution in [-0.2, 0) is 25.7 Å². The van der Waals surface area contributed by atoms with Gasteiger partial charge in [-0.05, 0) is 50.1 Å². The number of aliphatic hydroxyl groups is 1. The maximum atomic E-state index is 14.7. The number of amides is 3. The third kappa shape index (κ3) is 4.82. The van der Waals surface area contributed by atoms with E-state index in [0.29, 0.717) is 26.1 Å². The van der Waals surface area contributed by atoms with Gasteiger partial charge in [-0.3, -0.25) is 14.4 Å². The van der Waals surface area contributed by atoms with Crippen LogP contribution in [0, 0.1) is 11.8 Å². The molecule has 3 amide bonds. The van der Waals surface area contributed by atoms with Crippen LogP contribution in [0.2, 0.25) is 0 Å². The third-order valence-corrected chi connectivity index (χ3v) is 9.76. The third-order valence-electron chi connectivity index (χ3n) is 9.76. The Balaban J connectivity index is 1.38. The van der Waals surface area contributed by atoms with Crippen LogP contribution in [0.4, 0.5) is 11.4 Å². The number of carbonyl (C=O) groups is 3. The van der Waals surface area contributed by atoms with Gasteiger partial charge < -0.3 is 29.4 Å². The van der Waals surface area contributed by atoms with Gasteiger partial charge in [0.15, 0.2) is 0 Å². The molecule has 4 aliphatic heterocycles. The topological polar surface area (TPSA) is 93.6 Å². The van der Waals surface area contributed by atoms with Crippen LogP contribution < -0.4 is 9.80 Å². The molecule has 0 bridgehead atoms. The van der Waals surface area contributed by atoms with E-state index in [1.165, 1.54) is 4.90 Å². The highest BCUT2D eigenvalue weighted by Gasteiger charge is 2.72. The number of benzene rings is 2. The standard InChI is InChI=1S/C35H42N4O5/c1-4-25(23-40)39-31-34(43)38(27-17-15-26(16-18-27)36(5-2)6-3)21-11-19-35(31)30(33(39)42)29-28(44-35)14-10-20-37(32(29)41)22-24-12-8-7-9-13-24/h7-19,25,28-31,40H,4-6,20-23H2,1-3H3/t25-,28-,29+,30-,31?,35-/m0/s1. The highest BCUT2D eigenvalue weighted by atomic mass is 16.5. The molecule has 1 unspecified atom stereocenters. The maximum Gasteiger partial charge on any atom is 0.253 e. The van der Waals surface area contributed by atoms with Crippen LogP contribution >= 0.6 is 0 Å². The first kappa shape index (κ1) is 30.1. The number of carbonyl (C=O) groups excluding carboxylic acids is 3. The fourth-order valence-corrected chi connectivity index (χ4v) is 7.55. The average Bonchev–Trinajstić information content (AvgIpc) is 3.37. The first-order chi connectivity index (χ1) is 21.4. The molecule has 9 heteroatoms. The summed E-state index contributed by atoms with van der Waals surface area (Å²) in [6, 6.07) is 16.1. The van der Waals surface area contributed by atoms with Gasteiger partial charge >= 0.3 is 0 Å². The lowest BCUT2D eigenvalue weighted by atomic mass is 9.77. The molecule has 44 heavy (non-hydrogen) atoms. The van der Waals surface area contributed by atoms with Gasteiger partial charge in [0.2, 0.25) is 11.8 Å². The summed E-state index contributed by atoms with van der Waals surface area (Å²) in [6.07, 6.45) is 7.36. The first-order valence-electron chi connectivity index (χ1n) is 15.8. The van der Waals surface area contributed by atoms with Crippen LogP contribution in [-0.4, -0.2) is 89.2 Å². The monoisotopic (exact) mass is 598 g/mol. The Morgan fingerprint density at radius 1 is 0.932 bits per heavy atom. The van der Waals surface area contributed by atoms with Crippen molar-refractivity contribution in [2.75, 3.05) is 42.6 Å². The summed E-state index contributed by atoms with van der Waals surface area (Å²) in [5.41, 5.74) is 1.45. The van der Waals surface area contributed by atoms with Crippen LogP contribution in [0.25, 0.3) is 0 Å². The Bertz CT molecular complexity index is 1430. The highest BCUT2D eigenvalue weighted by molar-refractivity contribution is 6.06. The lowest BCUT2D eigenvalue weighted by molar-refractivity contribution is -0.147. The van der Waals surface area contributed by atoms with E-state index in [1.54, 1.807) is 9.80 Å². The average molecular weight is 599 g/mol. The van der Waals surface area contributed by atoms with Crippen LogP contribution in [0.1, 0.15) is 32.8 Å². The molecule has 2 aromatic carbocycles. The molecule has 0 aromatic heterocycles. The summed E-state index contributed by atoms with van der Waals surface area (Å²) in [4.78, 5) is 50.6. The minimum atomic E-state index is -1.34. The van der Waals surface area contributed by atoms with Crippen molar-refractivity contribution < 1.29 is 24.2 Å². The summed E-state index contributed by atoms with van der Waals surface area (Å²) in [7, 11) is 0. The van der Waals surface area contributed by atoms with Gasteiger partial charge in [-0.15, -0.1) is 0 Å². The van der Waals surface area contributed by atoms with Gasteiger partial charge in [0, 0.05) is 44.1 Å². The zero-order valence-corrected chi connectivity index (χ0v) is 25.7. The molecule has 1 spiro atoms. The highest BCUT2D eigenvalue weighted by Crippen LogP contribution is 2.54. The molecule has 6 rings (SSSR count). The van der Waals surface area contributed by atoms with Crippen molar-refractivity contribution in [3.63, 3.8) is 0 Å². The van der Waals surface area contributed by atoms with Crippen LogP contribution in [0.3, 0.4) is 0 Å². The molecule has 6 atom stereocenters. The van der Waals surface area contributed by atoms with E-state index in [4.69, 9.17) is 4.74 Å². The van der Waals surface area contributed by atoms with Gasteiger partial charge in [0.1, 0.15) is 11.6 Å². The molecule has 232 valence electrons. The van der Waals surface area contributed by atoms with Gasteiger partial charge in [0.05, 0.1) is 30.6 Å². The van der Waals surface area contributed by atoms with E-state index < -0.39 is 35.6 Å². The number of fused-ring (bicyclic) bond motifs is 2. The van der Waals surface area contributed by atoms with Gasteiger partial charge in [0.25, 0.3) is 5.91 Å². The van der Waals surface area contributed by atoms with Gasteiger partial charge in [-0.2, -0.15) is 0 Å². The number of likely N-dealkylation sites (tertiary alicyclic amines) is 1. The molecule has 0 saturated carbocycles. The van der Waals surface area contributed by atoms with Gasteiger partial charge in [-0.1, -0.05) is 61.6 Å². The van der Waals surface area contributed by atoms with E-state index in [0.717, 1.165) is 30.0 Å². The summed E-state index contributed by atoms with van der Waals surface area (Å²) in [5, 5.41) is 10.4. The van der Waals surface area contributed by atoms with Crippen molar-refractivity contribution in [1.82, 2.24) is 9.80 Å². The smallest absolute Gasteiger partial charge is 0.253 e. The summed E-state index contributed by atoms with van der Waals surface area (Å²) in [6.45, 7) is 8.68. The number of nitrogens with zero attached hydrogens (tertiary/aromatic N) is 4. The van der Waals surface area contributed by atoms with E-state index >= 15 is 0 Å². The zero-order valence-electron chi connectivity index (χ0n) is 25.7. The van der Waals surface area contributed by atoms with Crippen molar-refractivity contribution in [1.29, 1.82) is 0 Å². The number of aliphatic hydroxyl groups excluding tert-OH is 1. The maximum absolute atomic E-state index is 14.7. The summed E-state index contributed by atoms with van der Waals surface area (Å²) < 4.78 is 6.76. The van der Waals surface area contributed by atoms with E-state index in [2.05, 4.69) is 18.7 Å². The largest absolute Gasteiger partial charge is 0.394 e. The summed E-state index contributed by atoms with van der Waals surface area (Å²) in [5.74, 6) is -2.43. The number of hydrogen-bond acceptors (Lipinski definition) is 6. The lowest BCUT2D eigenvalue weighted by Gasteiger charge is -2.38. The van der Waals surface area contributed by atoms with Crippen LogP contribution in [0.15, 0.2) is 78.9 Å². The Kier molecular flexibility index (Phi) is 8.35. The minimum absolute atomic E-state index is 0.161. The van der Waals surface area contributed by atoms with E-state index in [-0.39, 0.29) is 24.3 Å². The second kappa shape index (κ2) is 12.2. The van der Waals surface area contributed by atoms with E-state index in [9.17, 15) is 19.5 Å². The molecule has 1 N–H and O–H groups in total. The number of ether oxygens (including phenoxy) is 1. The predicted molar refractivity (Wildman–Crippen MR) is 169 cm³/mol. The normalized spacial score (nSPS) is 28.5. The molecule has 4 aliphatic rings. The van der Waals surface area contributed by atoms with Crippen molar-refractivity contribution >= 4 is 29.1 Å². The second-order valence-corrected chi connectivity index (χ2v) is 12.0. The molecule has 9 nitrogen and oxygen atoms in total. The van der Waals surface area contributed by atoms with Crippen LogP contribution in [0.5, 0.6) is 0 Å². The molecule has 2 saturated heterocycles. The Labute approximate surface area is 259 Å². The Morgan fingerprint density at radius 3 is 2.32 bits per heavy atom. The van der Waals surface area contributed by atoms with Crippen molar-refractivity contribution in [3.05, 3.63) is 84.5 Å². The zero-order chi connectivity index (χ0) is 31.0. The van der Waals surface area contributed by atoms with Crippen molar-refractivity contribution in [2.45, 2.75) is 57.5 Å². The molecule has 0 aliphatic carbocycles. The Hall–Kier alpha value is -3.95. The number of hydrogen-bond donors (Lipinski definition) is 1. The molecule has 2 fully saturated rings. The molecule has 0 radical (unpaired) electrons. The fourth-order valence-electron chi connectivity index (χ4n) is 7.55. The van der Waals surface area contributed by atoms with Crippen molar-refractivity contribution in [2.24, 2.45) is 11.8 Å². The minimum Gasteiger partial charge on any atom is -0.394 e. The lowest BCUT2D eigenvalue weighted by Crippen LogP contribution is -2.58. The molecule has 2 aromatic rings. The predicted octanol–water partition coefficient (Wildman–Crippen LogP) is 3.39. The molecule has 4 heterocycles. The number of anilines is 2. The number of rotatable bonds is 9. The molecular weight excluding hydrogens is 556 g/mol. The Morgan fingerprint density at radius 2 is 1.66 bits per heavy atom. The van der Waals surface area contributed by atoms with Gasteiger partial charge in [-0.25, -0.2) is 0 Å². The molecular formula is C35H42N4O5. The second-order valence-electron chi connectivity index (χ2n) is 12.0. The SMILES string of the molecule is CC[C@@H](CO)N1C(=O)[C@@H]2[C@@H]3C(=O)N(Cc4ccccc4)CC=C[C@@H]3O[C@@]23C=CCN(c2ccc(N(CC)CC)cc2)C(=O)C13. The van der Waals surface area contributed by atoms with E-state index in [1.807, 2.05) is 85.8 Å². The van der Waals surface area contributed by atoms with Crippen molar-refractivity contribution in [3.8, 4) is 0 Å². The fraction of sp³-hybridized carbons (Fsp3) is 0.457. The summed E-state index contributed by atoms with van der Waals surface area (Å²) >= 11 is 0.